The normalized spacial score (nSPS) is 14.0. The van der Waals surface area contributed by atoms with Crippen molar-refractivity contribution in [3.05, 3.63) is 49.5 Å². The van der Waals surface area contributed by atoms with Gasteiger partial charge in [0.1, 0.15) is 5.02 Å². The summed E-state index contributed by atoms with van der Waals surface area (Å²) in [7, 11) is 0. The number of rotatable bonds is 3. The van der Waals surface area contributed by atoms with E-state index < -0.39 is 10.8 Å². The van der Waals surface area contributed by atoms with Crippen LogP contribution in [0.2, 0.25) is 5.02 Å². The fraction of sp³-hybridized carbons (Fsp3) is 0.333. The molecule has 23 heavy (non-hydrogen) atoms. The lowest BCUT2D eigenvalue weighted by molar-refractivity contribution is -0.384. The van der Waals surface area contributed by atoms with E-state index >= 15 is 0 Å². The van der Waals surface area contributed by atoms with E-state index in [0.29, 0.717) is 5.13 Å². The van der Waals surface area contributed by atoms with Gasteiger partial charge in [0.15, 0.2) is 5.13 Å². The van der Waals surface area contributed by atoms with E-state index in [2.05, 4.69) is 10.3 Å². The van der Waals surface area contributed by atoms with Crippen LogP contribution in [0.25, 0.3) is 0 Å². The van der Waals surface area contributed by atoms with Crippen LogP contribution in [0.15, 0.2) is 18.2 Å². The van der Waals surface area contributed by atoms with Gasteiger partial charge in [-0.2, -0.15) is 0 Å². The standard InChI is InChI=1S/C15H14ClN3O3S/c16-10-7-6-9(8-12(10)19(21)22)14(20)18-15-17-11-4-2-1-3-5-13(11)23-15/h6-8H,1-5H2,(H,17,18,20). The van der Waals surface area contributed by atoms with Gasteiger partial charge in [0, 0.05) is 16.5 Å². The van der Waals surface area contributed by atoms with Gasteiger partial charge in [-0.1, -0.05) is 18.0 Å². The summed E-state index contributed by atoms with van der Waals surface area (Å²) in [6.07, 6.45) is 5.40. The summed E-state index contributed by atoms with van der Waals surface area (Å²) in [4.78, 5) is 28.3. The third-order valence-corrected chi connectivity index (χ3v) is 5.11. The zero-order valence-corrected chi connectivity index (χ0v) is 13.7. The number of halogens is 1. The van der Waals surface area contributed by atoms with Crippen LogP contribution in [0.1, 0.15) is 40.2 Å². The van der Waals surface area contributed by atoms with Crippen LogP contribution < -0.4 is 5.32 Å². The second-order valence-electron chi connectivity index (χ2n) is 5.33. The number of nitro groups is 1. The molecule has 1 N–H and O–H groups in total. The Morgan fingerprint density at radius 1 is 1.30 bits per heavy atom. The summed E-state index contributed by atoms with van der Waals surface area (Å²) in [6, 6.07) is 3.99. The lowest BCUT2D eigenvalue weighted by atomic mass is 10.2. The molecule has 1 aliphatic carbocycles. The number of aryl methyl sites for hydroxylation is 2. The largest absolute Gasteiger partial charge is 0.298 e. The Morgan fingerprint density at radius 3 is 2.87 bits per heavy atom. The van der Waals surface area contributed by atoms with Crippen LogP contribution in [0.5, 0.6) is 0 Å². The molecule has 0 unspecified atom stereocenters. The van der Waals surface area contributed by atoms with Crippen molar-refractivity contribution in [1.82, 2.24) is 4.98 Å². The van der Waals surface area contributed by atoms with Gasteiger partial charge in [-0.15, -0.1) is 11.3 Å². The molecule has 0 aliphatic heterocycles. The van der Waals surface area contributed by atoms with Crippen LogP contribution in [0, 0.1) is 10.1 Å². The van der Waals surface area contributed by atoms with E-state index in [1.807, 2.05) is 0 Å². The average Bonchev–Trinajstić information content (AvgIpc) is 2.76. The van der Waals surface area contributed by atoms with Gasteiger partial charge in [0.25, 0.3) is 11.6 Å². The van der Waals surface area contributed by atoms with Gasteiger partial charge in [0.05, 0.1) is 10.6 Å². The van der Waals surface area contributed by atoms with Gasteiger partial charge in [-0.3, -0.25) is 20.2 Å². The molecule has 120 valence electrons. The molecule has 8 heteroatoms. The molecule has 1 aromatic heterocycles. The molecule has 0 atom stereocenters. The Balaban J connectivity index is 1.79. The van der Waals surface area contributed by atoms with Crippen molar-refractivity contribution in [2.45, 2.75) is 32.1 Å². The monoisotopic (exact) mass is 351 g/mol. The van der Waals surface area contributed by atoms with E-state index in [9.17, 15) is 14.9 Å². The predicted octanol–water partition coefficient (Wildman–Crippen LogP) is 4.23. The van der Waals surface area contributed by atoms with E-state index in [1.165, 1.54) is 40.8 Å². The minimum Gasteiger partial charge on any atom is -0.298 e. The molecule has 1 aliphatic rings. The first kappa shape index (κ1) is 15.9. The number of fused-ring (bicyclic) bond motifs is 1. The van der Waals surface area contributed by atoms with Crippen LogP contribution in [-0.2, 0) is 12.8 Å². The quantitative estimate of drug-likeness (QED) is 0.509. The average molecular weight is 352 g/mol. The molecule has 2 aromatic rings. The second kappa shape index (κ2) is 6.64. The van der Waals surface area contributed by atoms with E-state index in [-0.39, 0.29) is 16.3 Å². The maximum atomic E-state index is 12.3. The third kappa shape index (κ3) is 3.51. The molecule has 3 rings (SSSR count). The fourth-order valence-corrected chi connectivity index (χ4v) is 3.78. The molecule has 0 saturated heterocycles. The number of nitrogens with zero attached hydrogens (tertiary/aromatic N) is 2. The molecular weight excluding hydrogens is 338 g/mol. The highest BCUT2D eigenvalue weighted by molar-refractivity contribution is 7.15. The summed E-state index contributed by atoms with van der Waals surface area (Å²) in [5.41, 5.74) is 0.964. The number of carbonyl (C=O) groups excluding carboxylic acids is 1. The molecular formula is C15H14ClN3O3S. The minimum atomic E-state index is -0.606. The summed E-state index contributed by atoms with van der Waals surface area (Å²) in [5.74, 6) is -0.423. The molecule has 0 bridgehead atoms. The number of hydrogen-bond donors (Lipinski definition) is 1. The maximum Gasteiger partial charge on any atom is 0.288 e. The summed E-state index contributed by atoms with van der Waals surface area (Å²) >= 11 is 7.24. The molecule has 0 saturated carbocycles. The van der Waals surface area contributed by atoms with Crippen LogP contribution in [0.4, 0.5) is 10.8 Å². The number of nitro benzene ring substituents is 1. The lowest BCUT2D eigenvalue weighted by Gasteiger charge is -2.02. The molecule has 0 radical (unpaired) electrons. The van der Waals surface area contributed by atoms with Crippen LogP contribution >= 0.6 is 22.9 Å². The highest BCUT2D eigenvalue weighted by Gasteiger charge is 2.19. The summed E-state index contributed by atoms with van der Waals surface area (Å²) in [5, 5.41) is 14.2. The molecule has 1 aromatic carbocycles. The Labute approximate surface area is 141 Å². The number of aromatic nitrogens is 1. The Bertz CT molecular complexity index is 752. The second-order valence-corrected chi connectivity index (χ2v) is 6.82. The number of thiazole rings is 1. The Morgan fingerprint density at radius 2 is 2.09 bits per heavy atom. The molecule has 0 fully saturated rings. The van der Waals surface area contributed by atoms with Gasteiger partial charge in [-0.05, 0) is 37.8 Å². The van der Waals surface area contributed by atoms with E-state index in [0.717, 1.165) is 31.4 Å². The molecule has 1 amide bonds. The van der Waals surface area contributed by atoms with Gasteiger partial charge >= 0.3 is 0 Å². The zero-order chi connectivity index (χ0) is 16.4. The Hall–Kier alpha value is -1.99. The van der Waals surface area contributed by atoms with Crippen molar-refractivity contribution >= 4 is 39.7 Å². The number of amides is 1. The Kier molecular flexibility index (Phi) is 4.58. The number of hydrogen-bond acceptors (Lipinski definition) is 5. The van der Waals surface area contributed by atoms with Crippen molar-refractivity contribution in [3.63, 3.8) is 0 Å². The van der Waals surface area contributed by atoms with Crippen molar-refractivity contribution < 1.29 is 9.72 Å². The van der Waals surface area contributed by atoms with Crippen LogP contribution in [0.3, 0.4) is 0 Å². The number of benzene rings is 1. The first-order valence-corrected chi connectivity index (χ1v) is 8.48. The van der Waals surface area contributed by atoms with Gasteiger partial charge < -0.3 is 0 Å². The fourth-order valence-electron chi connectivity index (χ4n) is 2.55. The van der Waals surface area contributed by atoms with Gasteiger partial charge in [-0.25, -0.2) is 4.98 Å². The van der Waals surface area contributed by atoms with Gasteiger partial charge in [0.2, 0.25) is 0 Å². The zero-order valence-electron chi connectivity index (χ0n) is 12.2. The summed E-state index contributed by atoms with van der Waals surface area (Å²) in [6.45, 7) is 0. The summed E-state index contributed by atoms with van der Waals surface area (Å²) < 4.78 is 0. The van der Waals surface area contributed by atoms with Crippen LogP contribution in [-0.4, -0.2) is 15.8 Å². The number of anilines is 1. The first-order chi connectivity index (χ1) is 11.0. The first-order valence-electron chi connectivity index (χ1n) is 7.28. The highest BCUT2D eigenvalue weighted by Crippen LogP contribution is 2.30. The SMILES string of the molecule is O=C(Nc1nc2c(s1)CCCCC2)c1ccc(Cl)c([N+](=O)[O-])c1. The maximum absolute atomic E-state index is 12.3. The van der Waals surface area contributed by atoms with E-state index in [4.69, 9.17) is 11.6 Å². The van der Waals surface area contributed by atoms with Crippen molar-refractivity contribution in [2.75, 3.05) is 5.32 Å². The predicted molar refractivity (Wildman–Crippen MR) is 89.4 cm³/mol. The molecule has 1 heterocycles. The number of nitrogens with one attached hydrogen (secondary N) is 1. The minimum absolute atomic E-state index is 0.00696. The van der Waals surface area contributed by atoms with Crippen molar-refractivity contribution in [2.24, 2.45) is 0 Å². The molecule has 0 spiro atoms. The smallest absolute Gasteiger partial charge is 0.288 e. The van der Waals surface area contributed by atoms with Crippen molar-refractivity contribution in [1.29, 1.82) is 0 Å². The lowest BCUT2D eigenvalue weighted by Crippen LogP contribution is -2.12. The number of carbonyl (C=O) groups is 1. The molecule has 6 nitrogen and oxygen atoms in total. The van der Waals surface area contributed by atoms with E-state index in [1.54, 1.807) is 0 Å². The topological polar surface area (TPSA) is 85.1 Å². The third-order valence-electron chi connectivity index (χ3n) is 3.72. The van der Waals surface area contributed by atoms with Crippen molar-refractivity contribution in [3.8, 4) is 0 Å². The highest BCUT2D eigenvalue weighted by atomic mass is 35.5.